The fraction of sp³-hybridized carbons (Fsp3) is 0.217. The van der Waals surface area contributed by atoms with Crippen molar-refractivity contribution in [3.8, 4) is 23.0 Å². The molecule has 1 aliphatic heterocycles. The Balaban J connectivity index is 1.73. The third kappa shape index (κ3) is 4.16. The number of hydrogen-bond acceptors (Lipinski definition) is 8. The van der Waals surface area contributed by atoms with E-state index in [1.807, 2.05) is 0 Å². The first-order valence-corrected chi connectivity index (χ1v) is 11.4. The van der Waals surface area contributed by atoms with Crippen LogP contribution in [0.2, 0.25) is 0 Å². The molecule has 4 aromatic rings. The molecule has 0 bridgehead atoms. The van der Waals surface area contributed by atoms with Gasteiger partial charge in [-0.15, -0.1) is 0 Å². The van der Waals surface area contributed by atoms with Crippen molar-refractivity contribution in [3.05, 3.63) is 48.1 Å². The number of anilines is 1. The summed E-state index contributed by atoms with van der Waals surface area (Å²) in [6.45, 7) is 3.65. The lowest BCUT2D eigenvalue weighted by molar-refractivity contribution is -0.137. The van der Waals surface area contributed by atoms with Gasteiger partial charge in [0.15, 0.2) is 10.9 Å². The van der Waals surface area contributed by atoms with E-state index in [2.05, 4.69) is 21.5 Å². The molecule has 14 heteroatoms. The molecule has 1 saturated heterocycles. The number of halogens is 5. The Morgan fingerprint density at radius 2 is 1.95 bits per heavy atom. The van der Waals surface area contributed by atoms with Crippen LogP contribution in [-0.2, 0) is 11.0 Å². The van der Waals surface area contributed by atoms with Crippen molar-refractivity contribution in [2.75, 3.05) is 25.9 Å². The molecule has 1 amide bonds. The van der Waals surface area contributed by atoms with Crippen LogP contribution in [0.4, 0.5) is 27.1 Å². The molecule has 0 unspecified atom stereocenters. The molecule has 0 saturated carbocycles. The number of alkyl halides is 3. The van der Waals surface area contributed by atoms with Crippen LogP contribution in [0.3, 0.4) is 0 Å². The molecule has 0 radical (unpaired) electrons. The van der Waals surface area contributed by atoms with E-state index < -0.39 is 40.6 Å². The summed E-state index contributed by atoms with van der Waals surface area (Å²) in [7, 11) is 1.20. The largest absolute Gasteiger partial charge is 0.470 e. The van der Waals surface area contributed by atoms with Gasteiger partial charge in [0, 0.05) is 11.1 Å². The van der Waals surface area contributed by atoms with Crippen molar-refractivity contribution < 1.29 is 36.2 Å². The molecule has 8 nitrogen and oxygen atoms in total. The van der Waals surface area contributed by atoms with Gasteiger partial charge >= 0.3 is 12.2 Å². The molecule has 37 heavy (non-hydrogen) atoms. The molecule has 1 fully saturated rings. The predicted molar refractivity (Wildman–Crippen MR) is 125 cm³/mol. The minimum Gasteiger partial charge on any atom is -0.470 e. The van der Waals surface area contributed by atoms with E-state index >= 15 is 4.39 Å². The molecule has 192 valence electrons. The standard InChI is InChI=1S/C23H16F5N5O3S/c1-3-14(34)33-7-9(8-33)36-20-11-6-12(23(26,27)28)15(16(25)17(11)31-22(32-20)35-2)10-4-5-13(24)19-18(10)30-21(29)37-19/h3-6,9H,1,7-8H2,2H3,(H2,29,30). The number of ether oxygens (including phenoxy) is 2. The Hall–Kier alpha value is -4.07. The molecule has 3 heterocycles. The smallest absolute Gasteiger partial charge is 0.417 e. The Bertz CT molecular complexity index is 1580. The van der Waals surface area contributed by atoms with Crippen LogP contribution in [0.1, 0.15) is 5.56 Å². The normalized spacial score (nSPS) is 14.2. The number of aromatic nitrogens is 3. The number of thiazole rings is 1. The third-order valence-electron chi connectivity index (χ3n) is 5.76. The number of amides is 1. The van der Waals surface area contributed by atoms with Crippen molar-refractivity contribution in [1.82, 2.24) is 19.9 Å². The SMILES string of the molecule is C=CC(=O)N1CC(Oc2nc(OC)nc3c(F)c(-c4ccc(F)c5sc(N)nc45)c(C(F)(F)F)cc23)C1. The summed E-state index contributed by atoms with van der Waals surface area (Å²) in [6, 6.07) is 2.23. The first kappa shape index (κ1) is 24.6. The van der Waals surface area contributed by atoms with Gasteiger partial charge < -0.3 is 20.1 Å². The van der Waals surface area contributed by atoms with E-state index in [4.69, 9.17) is 15.2 Å². The number of benzene rings is 2. The summed E-state index contributed by atoms with van der Waals surface area (Å²) in [6.07, 6.45) is -4.53. The second-order valence-electron chi connectivity index (χ2n) is 8.03. The summed E-state index contributed by atoms with van der Waals surface area (Å²) < 4.78 is 83.8. The lowest BCUT2D eigenvalue weighted by Crippen LogP contribution is -2.55. The number of nitrogen functional groups attached to an aromatic ring is 1. The van der Waals surface area contributed by atoms with E-state index in [0.29, 0.717) is 6.07 Å². The van der Waals surface area contributed by atoms with Crippen LogP contribution >= 0.6 is 11.3 Å². The maximum absolute atomic E-state index is 16.0. The van der Waals surface area contributed by atoms with Gasteiger partial charge in [-0.3, -0.25) is 4.79 Å². The Labute approximate surface area is 209 Å². The van der Waals surface area contributed by atoms with Gasteiger partial charge in [0.1, 0.15) is 17.4 Å². The predicted octanol–water partition coefficient (Wildman–Crippen LogP) is 4.57. The van der Waals surface area contributed by atoms with Crippen LogP contribution in [0, 0.1) is 11.6 Å². The van der Waals surface area contributed by atoms with Crippen molar-refractivity contribution in [1.29, 1.82) is 0 Å². The van der Waals surface area contributed by atoms with Crippen molar-refractivity contribution in [2.45, 2.75) is 12.3 Å². The average molecular weight is 537 g/mol. The van der Waals surface area contributed by atoms with E-state index in [-0.39, 0.29) is 57.2 Å². The van der Waals surface area contributed by atoms with Crippen LogP contribution in [0.25, 0.3) is 32.2 Å². The van der Waals surface area contributed by atoms with Crippen LogP contribution in [-0.4, -0.2) is 52.1 Å². The summed E-state index contributed by atoms with van der Waals surface area (Å²) in [5.74, 6) is -2.80. The second kappa shape index (κ2) is 8.80. The molecular weight excluding hydrogens is 521 g/mol. The molecular formula is C23H16F5N5O3S. The van der Waals surface area contributed by atoms with Gasteiger partial charge in [-0.25, -0.2) is 13.8 Å². The first-order chi connectivity index (χ1) is 17.5. The van der Waals surface area contributed by atoms with Gasteiger partial charge in [0.05, 0.1) is 41.4 Å². The number of likely N-dealkylation sites (tertiary alicyclic amines) is 1. The zero-order chi connectivity index (χ0) is 26.6. The van der Waals surface area contributed by atoms with Gasteiger partial charge in [-0.2, -0.15) is 23.1 Å². The van der Waals surface area contributed by atoms with E-state index in [1.165, 1.54) is 12.0 Å². The molecule has 5 rings (SSSR count). The molecule has 0 spiro atoms. The van der Waals surface area contributed by atoms with E-state index in [9.17, 15) is 22.4 Å². The third-order valence-corrected chi connectivity index (χ3v) is 6.65. The molecule has 1 aliphatic rings. The number of fused-ring (bicyclic) bond motifs is 2. The maximum Gasteiger partial charge on any atom is 0.417 e. The van der Waals surface area contributed by atoms with Crippen LogP contribution < -0.4 is 15.2 Å². The Kier molecular flexibility index (Phi) is 5.85. The highest BCUT2D eigenvalue weighted by atomic mass is 32.1. The lowest BCUT2D eigenvalue weighted by atomic mass is 9.95. The van der Waals surface area contributed by atoms with Crippen LogP contribution in [0.5, 0.6) is 11.9 Å². The van der Waals surface area contributed by atoms with E-state index in [1.54, 1.807) is 0 Å². The lowest BCUT2D eigenvalue weighted by Gasteiger charge is -2.38. The minimum absolute atomic E-state index is 0.0970. The number of methoxy groups -OCH3 is 1. The number of rotatable bonds is 5. The van der Waals surface area contributed by atoms with Gasteiger partial charge in [0.2, 0.25) is 11.8 Å². The summed E-state index contributed by atoms with van der Waals surface area (Å²) >= 11 is 0.727. The zero-order valence-electron chi connectivity index (χ0n) is 18.9. The summed E-state index contributed by atoms with van der Waals surface area (Å²) in [5.41, 5.74) is 2.37. The maximum atomic E-state index is 16.0. The fourth-order valence-corrected chi connectivity index (χ4v) is 4.79. The Morgan fingerprint density at radius 1 is 1.22 bits per heavy atom. The highest BCUT2D eigenvalue weighted by Crippen LogP contribution is 2.46. The second-order valence-corrected chi connectivity index (χ2v) is 9.07. The number of carbonyl (C=O) groups excluding carboxylic acids is 1. The fourth-order valence-electron chi connectivity index (χ4n) is 4.02. The number of carbonyl (C=O) groups is 1. The van der Waals surface area contributed by atoms with Gasteiger partial charge in [-0.05, 0) is 24.3 Å². The molecule has 0 aliphatic carbocycles. The summed E-state index contributed by atoms with van der Waals surface area (Å²) in [5, 5.41) is -0.459. The van der Waals surface area contributed by atoms with Gasteiger partial charge in [0.25, 0.3) is 0 Å². The molecule has 0 atom stereocenters. The number of hydrogen-bond donors (Lipinski definition) is 1. The minimum atomic E-state index is -5.03. The summed E-state index contributed by atoms with van der Waals surface area (Å²) in [4.78, 5) is 24.9. The van der Waals surface area contributed by atoms with Gasteiger partial charge in [-0.1, -0.05) is 17.9 Å². The van der Waals surface area contributed by atoms with Crippen molar-refractivity contribution >= 4 is 43.5 Å². The molecule has 2 aromatic carbocycles. The van der Waals surface area contributed by atoms with E-state index in [0.717, 1.165) is 29.5 Å². The van der Waals surface area contributed by atoms with Crippen molar-refractivity contribution in [2.24, 2.45) is 0 Å². The Morgan fingerprint density at radius 3 is 2.59 bits per heavy atom. The highest BCUT2D eigenvalue weighted by Gasteiger charge is 2.39. The first-order valence-electron chi connectivity index (χ1n) is 10.6. The quantitative estimate of drug-likeness (QED) is 0.294. The zero-order valence-corrected chi connectivity index (χ0v) is 19.7. The molecule has 2 aromatic heterocycles. The van der Waals surface area contributed by atoms with Crippen molar-refractivity contribution in [3.63, 3.8) is 0 Å². The topological polar surface area (TPSA) is 103 Å². The average Bonchev–Trinajstić information content (AvgIpc) is 3.23. The monoisotopic (exact) mass is 537 g/mol. The number of nitrogens with zero attached hydrogens (tertiary/aromatic N) is 4. The highest BCUT2D eigenvalue weighted by molar-refractivity contribution is 7.22. The number of nitrogens with two attached hydrogens (primary N) is 1. The molecule has 2 N–H and O–H groups in total. The van der Waals surface area contributed by atoms with Crippen LogP contribution in [0.15, 0.2) is 30.9 Å².